The Labute approximate surface area is 67.9 Å². The normalized spacial score (nSPS) is 17.1. The van der Waals surface area contributed by atoms with Gasteiger partial charge in [-0.15, -0.1) is 0 Å². The van der Waals surface area contributed by atoms with Crippen LogP contribution in [0.1, 0.15) is 13.3 Å². The lowest BCUT2D eigenvalue weighted by Crippen LogP contribution is -2.48. The molecule has 0 aliphatic rings. The molecule has 6 heteroatoms. The van der Waals surface area contributed by atoms with E-state index >= 15 is 0 Å². The molecule has 2 unspecified atom stereocenters. The molecule has 0 aromatic carbocycles. The van der Waals surface area contributed by atoms with Crippen LogP contribution >= 0.6 is 0 Å². The Kier molecular flexibility index (Phi) is 3.51. The topological polar surface area (TPSA) is 69.1 Å². The highest BCUT2D eigenvalue weighted by Crippen LogP contribution is 2.30. The third kappa shape index (κ3) is 2.69. The van der Waals surface area contributed by atoms with Gasteiger partial charge in [0.15, 0.2) is 0 Å². The van der Waals surface area contributed by atoms with Crippen LogP contribution < -0.4 is 11.5 Å². The summed E-state index contributed by atoms with van der Waals surface area (Å²) in [7, 11) is 0. The number of hydrogen-bond acceptors (Lipinski definition) is 2. The van der Waals surface area contributed by atoms with Gasteiger partial charge in [-0.25, -0.2) is 0 Å². The lowest BCUT2D eigenvalue weighted by Gasteiger charge is -2.22. The Morgan fingerprint density at radius 2 is 1.92 bits per heavy atom. The van der Waals surface area contributed by atoms with E-state index in [1.54, 1.807) is 0 Å². The van der Waals surface area contributed by atoms with Gasteiger partial charge in [0.05, 0.1) is 12.0 Å². The second kappa shape index (κ2) is 3.75. The third-order valence-corrected chi connectivity index (χ3v) is 1.62. The summed E-state index contributed by atoms with van der Waals surface area (Å²) in [6, 6.07) is -1.64. The van der Waals surface area contributed by atoms with Gasteiger partial charge in [0, 0.05) is 0 Å². The van der Waals surface area contributed by atoms with Crippen LogP contribution in [0.4, 0.5) is 13.2 Å². The zero-order valence-corrected chi connectivity index (χ0v) is 6.56. The van der Waals surface area contributed by atoms with Gasteiger partial charge in [-0.1, -0.05) is 6.92 Å². The van der Waals surface area contributed by atoms with E-state index < -0.39 is 24.0 Å². The third-order valence-electron chi connectivity index (χ3n) is 1.62. The average Bonchev–Trinajstić information content (AvgIpc) is 1.85. The van der Waals surface area contributed by atoms with Gasteiger partial charge in [0.2, 0.25) is 5.91 Å². The van der Waals surface area contributed by atoms with Gasteiger partial charge < -0.3 is 11.5 Å². The minimum atomic E-state index is -4.46. The van der Waals surface area contributed by atoms with Crippen molar-refractivity contribution in [2.45, 2.75) is 25.6 Å². The first kappa shape index (κ1) is 11.2. The van der Waals surface area contributed by atoms with Crippen LogP contribution in [0.15, 0.2) is 0 Å². The van der Waals surface area contributed by atoms with Crippen molar-refractivity contribution in [1.82, 2.24) is 0 Å². The van der Waals surface area contributed by atoms with Crippen LogP contribution in [0.3, 0.4) is 0 Å². The van der Waals surface area contributed by atoms with Gasteiger partial charge in [-0.3, -0.25) is 4.79 Å². The number of amides is 1. The zero-order valence-electron chi connectivity index (χ0n) is 6.56. The molecule has 0 aromatic heterocycles. The number of hydrogen-bond donors (Lipinski definition) is 2. The molecule has 0 bridgehead atoms. The number of primary amides is 1. The Bertz CT molecular complexity index is 169. The highest BCUT2D eigenvalue weighted by Gasteiger charge is 2.43. The number of alkyl halides is 3. The number of carbonyl (C=O) groups is 1. The first-order chi connectivity index (χ1) is 5.30. The van der Waals surface area contributed by atoms with Gasteiger partial charge >= 0.3 is 6.18 Å². The van der Waals surface area contributed by atoms with Crippen LogP contribution in [0.2, 0.25) is 0 Å². The van der Waals surface area contributed by atoms with Crippen molar-refractivity contribution >= 4 is 5.91 Å². The molecule has 0 aliphatic heterocycles. The Morgan fingerprint density at radius 3 is 2.00 bits per heavy atom. The van der Waals surface area contributed by atoms with Crippen LogP contribution in [0.25, 0.3) is 0 Å². The van der Waals surface area contributed by atoms with Gasteiger partial charge in [-0.05, 0) is 6.42 Å². The van der Waals surface area contributed by atoms with Crippen molar-refractivity contribution in [1.29, 1.82) is 0 Å². The maximum atomic E-state index is 12.0. The molecular formula is C6H11F3N2O. The monoisotopic (exact) mass is 184 g/mol. The van der Waals surface area contributed by atoms with E-state index in [2.05, 4.69) is 5.73 Å². The molecule has 4 N–H and O–H groups in total. The van der Waals surface area contributed by atoms with E-state index in [1.807, 2.05) is 0 Å². The summed E-state index contributed by atoms with van der Waals surface area (Å²) in [5.41, 5.74) is 9.61. The largest absolute Gasteiger partial charge is 0.393 e. The fourth-order valence-electron chi connectivity index (χ4n) is 0.887. The summed E-state index contributed by atoms with van der Waals surface area (Å²) in [5.74, 6) is -2.96. The quantitative estimate of drug-likeness (QED) is 0.666. The van der Waals surface area contributed by atoms with E-state index in [-0.39, 0.29) is 6.42 Å². The summed E-state index contributed by atoms with van der Waals surface area (Å²) in [6.45, 7) is 1.31. The SMILES string of the molecule is CCC(C(N)C(N)=O)C(F)(F)F. The fourth-order valence-corrected chi connectivity index (χ4v) is 0.887. The smallest absolute Gasteiger partial charge is 0.368 e. The summed E-state index contributed by atoms with van der Waals surface area (Å²) < 4.78 is 36.1. The molecule has 0 spiro atoms. The highest BCUT2D eigenvalue weighted by atomic mass is 19.4. The summed E-state index contributed by atoms with van der Waals surface area (Å²) in [6.07, 6.45) is -4.70. The Balaban J connectivity index is 4.45. The molecule has 0 fully saturated rings. The number of nitrogens with two attached hydrogens (primary N) is 2. The predicted molar refractivity (Wildman–Crippen MR) is 37.0 cm³/mol. The van der Waals surface area contributed by atoms with E-state index in [9.17, 15) is 18.0 Å². The first-order valence-electron chi connectivity index (χ1n) is 3.42. The number of halogens is 3. The molecule has 3 nitrogen and oxygen atoms in total. The molecule has 0 aromatic rings. The summed E-state index contributed by atoms with van der Waals surface area (Å²) >= 11 is 0. The lowest BCUT2D eigenvalue weighted by atomic mass is 9.97. The van der Waals surface area contributed by atoms with E-state index in [0.29, 0.717) is 0 Å². The van der Waals surface area contributed by atoms with Crippen molar-refractivity contribution < 1.29 is 18.0 Å². The molecule has 1 amide bonds. The van der Waals surface area contributed by atoms with Crippen molar-refractivity contribution in [3.63, 3.8) is 0 Å². The number of carbonyl (C=O) groups excluding carboxylic acids is 1. The fraction of sp³-hybridized carbons (Fsp3) is 0.833. The molecule has 0 saturated heterocycles. The summed E-state index contributed by atoms with van der Waals surface area (Å²) in [5, 5.41) is 0. The molecule has 0 heterocycles. The van der Waals surface area contributed by atoms with Crippen LogP contribution in [0, 0.1) is 5.92 Å². The molecule has 0 saturated carbocycles. The van der Waals surface area contributed by atoms with Crippen LogP contribution in [-0.4, -0.2) is 18.1 Å². The van der Waals surface area contributed by atoms with Crippen LogP contribution in [0.5, 0.6) is 0 Å². The molecule has 0 radical (unpaired) electrons. The standard InChI is InChI=1S/C6H11F3N2O/c1-2-3(6(7,8)9)4(10)5(11)12/h3-4H,2,10H2,1H3,(H2,11,12). The molecular weight excluding hydrogens is 173 g/mol. The molecule has 0 rings (SSSR count). The first-order valence-corrected chi connectivity index (χ1v) is 3.42. The Morgan fingerprint density at radius 1 is 1.50 bits per heavy atom. The van der Waals surface area contributed by atoms with Crippen molar-refractivity contribution in [3.05, 3.63) is 0 Å². The zero-order chi connectivity index (χ0) is 9.94. The predicted octanol–water partition coefficient (Wildman–Crippen LogP) is 0.387. The maximum absolute atomic E-state index is 12.0. The molecule has 0 aliphatic carbocycles. The molecule has 2 atom stereocenters. The van der Waals surface area contributed by atoms with E-state index in [0.717, 1.165) is 0 Å². The Hall–Kier alpha value is -0.780. The molecule has 72 valence electrons. The highest BCUT2D eigenvalue weighted by molar-refractivity contribution is 5.80. The maximum Gasteiger partial charge on any atom is 0.393 e. The number of rotatable bonds is 3. The van der Waals surface area contributed by atoms with E-state index in [1.165, 1.54) is 6.92 Å². The van der Waals surface area contributed by atoms with Crippen LogP contribution in [-0.2, 0) is 4.79 Å². The van der Waals surface area contributed by atoms with Crippen molar-refractivity contribution in [2.24, 2.45) is 17.4 Å². The summed E-state index contributed by atoms with van der Waals surface area (Å²) in [4.78, 5) is 10.3. The van der Waals surface area contributed by atoms with Gasteiger partial charge in [0.25, 0.3) is 0 Å². The van der Waals surface area contributed by atoms with Crippen molar-refractivity contribution in [3.8, 4) is 0 Å². The molecule has 12 heavy (non-hydrogen) atoms. The van der Waals surface area contributed by atoms with E-state index in [4.69, 9.17) is 5.73 Å². The second-order valence-corrected chi connectivity index (χ2v) is 2.48. The van der Waals surface area contributed by atoms with Gasteiger partial charge in [-0.2, -0.15) is 13.2 Å². The average molecular weight is 184 g/mol. The lowest BCUT2D eigenvalue weighted by molar-refractivity contribution is -0.182. The minimum absolute atomic E-state index is 0.242. The van der Waals surface area contributed by atoms with Gasteiger partial charge in [0.1, 0.15) is 0 Å². The second-order valence-electron chi connectivity index (χ2n) is 2.48. The minimum Gasteiger partial charge on any atom is -0.368 e. The van der Waals surface area contributed by atoms with Crippen molar-refractivity contribution in [2.75, 3.05) is 0 Å².